The third kappa shape index (κ3) is 3.57. The molecule has 0 unspecified atom stereocenters. The lowest BCUT2D eigenvalue weighted by molar-refractivity contribution is -0.121. The molecule has 0 aliphatic heterocycles. The van der Waals surface area contributed by atoms with E-state index in [2.05, 4.69) is 30.8 Å². The fourth-order valence-electron chi connectivity index (χ4n) is 2.82. The molecule has 130 valence electrons. The summed E-state index contributed by atoms with van der Waals surface area (Å²) in [4.78, 5) is 23.9. The third-order valence-corrected chi connectivity index (χ3v) is 4.08. The zero-order valence-corrected chi connectivity index (χ0v) is 14.4. The van der Waals surface area contributed by atoms with Gasteiger partial charge < -0.3 is 8.83 Å². The molecule has 2 heterocycles. The van der Waals surface area contributed by atoms with Crippen molar-refractivity contribution in [3.8, 4) is 0 Å². The highest BCUT2D eigenvalue weighted by Gasteiger charge is 2.15. The first-order chi connectivity index (χ1) is 12.0. The third-order valence-electron chi connectivity index (χ3n) is 4.08. The number of benzene rings is 1. The predicted molar refractivity (Wildman–Crippen MR) is 93.1 cm³/mol. The number of furan rings is 2. The van der Waals surface area contributed by atoms with Gasteiger partial charge in [-0.3, -0.25) is 20.4 Å². The standard InChI is InChI=1S/C19H20N2O4/c1-11(2)14-9-15-13(10-25-17(15)7-12(14)3)8-18(22)20-21-19(23)16-5-4-6-24-16/h4-7,9-11H,8H2,1-3H3,(H,20,22)(H,21,23). The summed E-state index contributed by atoms with van der Waals surface area (Å²) < 4.78 is 10.5. The van der Waals surface area contributed by atoms with Crippen LogP contribution in [0.25, 0.3) is 11.0 Å². The van der Waals surface area contributed by atoms with Gasteiger partial charge in [0.2, 0.25) is 5.91 Å². The lowest BCUT2D eigenvalue weighted by Crippen LogP contribution is -2.42. The van der Waals surface area contributed by atoms with Gasteiger partial charge in [-0.1, -0.05) is 13.8 Å². The molecule has 0 bridgehead atoms. The molecule has 0 atom stereocenters. The SMILES string of the molecule is Cc1cc2occ(CC(=O)NNC(=O)c3ccco3)c2cc1C(C)C. The van der Waals surface area contributed by atoms with E-state index in [0.29, 0.717) is 5.92 Å². The molecule has 3 aromatic rings. The topological polar surface area (TPSA) is 84.5 Å². The summed E-state index contributed by atoms with van der Waals surface area (Å²) in [5.74, 6) is -0.331. The van der Waals surface area contributed by atoms with E-state index < -0.39 is 5.91 Å². The molecule has 2 amide bonds. The molecule has 0 spiro atoms. The number of aryl methyl sites for hydroxylation is 1. The lowest BCUT2D eigenvalue weighted by atomic mass is 9.95. The Morgan fingerprint density at radius 3 is 2.64 bits per heavy atom. The number of rotatable bonds is 4. The first-order valence-electron chi connectivity index (χ1n) is 8.09. The molecule has 0 saturated heterocycles. The van der Waals surface area contributed by atoms with Crippen LogP contribution in [0.4, 0.5) is 0 Å². The van der Waals surface area contributed by atoms with Gasteiger partial charge in [-0.15, -0.1) is 0 Å². The van der Waals surface area contributed by atoms with Crippen LogP contribution in [0.5, 0.6) is 0 Å². The minimum Gasteiger partial charge on any atom is -0.464 e. The van der Waals surface area contributed by atoms with Gasteiger partial charge in [0.15, 0.2) is 5.76 Å². The van der Waals surface area contributed by atoms with E-state index in [0.717, 1.165) is 16.5 Å². The second-order valence-corrected chi connectivity index (χ2v) is 6.28. The van der Waals surface area contributed by atoms with E-state index in [1.807, 2.05) is 13.0 Å². The largest absolute Gasteiger partial charge is 0.464 e. The number of carbonyl (C=O) groups excluding carboxylic acids is 2. The fraction of sp³-hybridized carbons (Fsp3) is 0.263. The average Bonchev–Trinajstić information content (AvgIpc) is 3.22. The van der Waals surface area contributed by atoms with Crippen molar-refractivity contribution in [3.05, 3.63) is 59.2 Å². The van der Waals surface area contributed by atoms with Gasteiger partial charge in [-0.2, -0.15) is 0 Å². The van der Waals surface area contributed by atoms with Gasteiger partial charge in [0.25, 0.3) is 0 Å². The highest BCUT2D eigenvalue weighted by molar-refractivity contribution is 5.94. The Balaban J connectivity index is 1.71. The van der Waals surface area contributed by atoms with Crippen molar-refractivity contribution in [2.75, 3.05) is 0 Å². The first-order valence-corrected chi connectivity index (χ1v) is 8.09. The van der Waals surface area contributed by atoms with Crippen LogP contribution in [0, 0.1) is 6.92 Å². The minimum atomic E-state index is -0.506. The fourth-order valence-corrected chi connectivity index (χ4v) is 2.82. The number of carbonyl (C=O) groups is 2. The van der Waals surface area contributed by atoms with Gasteiger partial charge in [-0.25, -0.2) is 0 Å². The second kappa shape index (κ2) is 6.84. The van der Waals surface area contributed by atoms with E-state index in [-0.39, 0.29) is 18.1 Å². The summed E-state index contributed by atoms with van der Waals surface area (Å²) in [6.45, 7) is 6.31. The molecule has 6 heteroatoms. The number of nitrogens with one attached hydrogen (secondary N) is 2. The number of hydrogen-bond acceptors (Lipinski definition) is 4. The summed E-state index contributed by atoms with van der Waals surface area (Å²) >= 11 is 0. The number of amides is 2. The Hall–Kier alpha value is -3.02. The lowest BCUT2D eigenvalue weighted by Gasteiger charge is -2.10. The van der Waals surface area contributed by atoms with Crippen LogP contribution in [0.2, 0.25) is 0 Å². The predicted octanol–water partition coefficient (Wildman–Crippen LogP) is 3.46. The molecule has 25 heavy (non-hydrogen) atoms. The molecular formula is C19H20N2O4. The molecule has 0 fully saturated rings. The molecule has 2 aromatic heterocycles. The summed E-state index contributed by atoms with van der Waals surface area (Å²) in [7, 11) is 0. The highest BCUT2D eigenvalue weighted by atomic mass is 16.3. The van der Waals surface area contributed by atoms with E-state index >= 15 is 0 Å². The molecule has 1 aromatic carbocycles. The van der Waals surface area contributed by atoms with Gasteiger partial charge in [0, 0.05) is 10.9 Å². The van der Waals surface area contributed by atoms with Crippen molar-refractivity contribution >= 4 is 22.8 Å². The van der Waals surface area contributed by atoms with Gasteiger partial charge >= 0.3 is 5.91 Å². The van der Waals surface area contributed by atoms with Crippen molar-refractivity contribution in [3.63, 3.8) is 0 Å². The Morgan fingerprint density at radius 2 is 1.96 bits per heavy atom. The normalized spacial score (nSPS) is 11.0. The van der Waals surface area contributed by atoms with Crippen LogP contribution in [0.1, 0.15) is 47.0 Å². The van der Waals surface area contributed by atoms with Crippen LogP contribution >= 0.6 is 0 Å². The Labute approximate surface area is 145 Å². The highest BCUT2D eigenvalue weighted by Crippen LogP contribution is 2.29. The summed E-state index contributed by atoms with van der Waals surface area (Å²) in [6, 6.07) is 7.18. The van der Waals surface area contributed by atoms with Gasteiger partial charge in [0.05, 0.1) is 18.9 Å². The molecule has 0 aliphatic carbocycles. The maximum atomic E-state index is 12.1. The van der Waals surface area contributed by atoms with E-state index in [1.165, 1.54) is 23.5 Å². The van der Waals surface area contributed by atoms with Crippen molar-refractivity contribution in [1.82, 2.24) is 10.9 Å². The molecule has 3 rings (SSSR count). The van der Waals surface area contributed by atoms with Crippen LogP contribution in [0.3, 0.4) is 0 Å². The average molecular weight is 340 g/mol. The zero-order valence-electron chi connectivity index (χ0n) is 14.4. The van der Waals surface area contributed by atoms with E-state index in [1.54, 1.807) is 12.3 Å². The summed E-state index contributed by atoms with van der Waals surface area (Å²) in [6.07, 6.45) is 3.08. The smallest absolute Gasteiger partial charge is 0.305 e. The Bertz CT molecular complexity index is 907. The van der Waals surface area contributed by atoms with Crippen LogP contribution < -0.4 is 10.9 Å². The van der Waals surface area contributed by atoms with Crippen molar-refractivity contribution < 1.29 is 18.4 Å². The first kappa shape index (κ1) is 16.8. The molecule has 0 radical (unpaired) electrons. The van der Waals surface area contributed by atoms with Crippen molar-refractivity contribution in [1.29, 1.82) is 0 Å². The summed E-state index contributed by atoms with van der Waals surface area (Å²) in [5, 5.41) is 0.918. The molecule has 0 aliphatic rings. The van der Waals surface area contributed by atoms with E-state index in [4.69, 9.17) is 8.83 Å². The molecule has 6 nitrogen and oxygen atoms in total. The molecule has 2 N–H and O–H groups in total. The quantitative estimate of drug-likeness (QED) is 0.712. The monoisotopic (exact) mass is 340 g/mol. The maximum absolute atomic E-state index is 12.1. The zero-order chi connectivity index (χ0) is 18.0. The van der Waals surface area contributed by atoms with Gasteiger partial charge in [0.1, 0.15) is 5.58 Å². The Kier molecular flexibility index (Phi) is 4.61. The van der Waals surface area contributed by atoms with Crippen LogP contribution in [0.15, 0.2) is 45.6 Å². The number of hydrogen-bond donors (Lipinski definition) is 2. The molecular weight excluding hydrogens is 320 g/mol. The van der Waals surface area contributed by atoms with Gasteiger partial charge in [-0.05, 0) is 48.2 Å². The van der Waals surface area contributed by atoms with Crippen LogP contribution in [-0.2, 0) is 11.2 Å². The minimum absolute atomic E-state index is 0.103. The van der Waals surface area contributed by atoms with E-state index in [9.17, 15) is 9.59 Å². The number of hydrazine groups is 1. The van der Waals surface area contributed by atoms with Crippen molar-refractivity contribution in [2.45, 2.75) is 33.1 Å². The summed E-state index contributed by atoms with van der Waals surface area (Å²) in [5.41, 5.74) is 8.63. The molecule has 0 saturated carbocycles. The Morgan fingerprint density at radius 1 is 1.16 bits per heavy atom. The number of fused-ring (bicyclic) bond motifs is 1. The second-order valence-electron chi connectivity index (χ2n) is 6.28. The van der Waals surface area contributed by atoms with Crippen LogP contribution in [-0.4, -0.2) is 11.8 Å². The van der Waals surface area contributed by atoms with Crippen molar-refractivity contribution in [2.24, 2.45) is 0 Å². The maximum Gasteiger partial charge on any atom is 0.305 e.